The van der Waals surface area contributed by atoms with Crippen molar-refractivity contribution in [1.29, 1.82) is 0 Å². The molecule has 0 amide bonds. The van der Waals surface area contributed by atoms with Gasteiger partial charge in [0.2, 0.25) is 0 Å². The highest BCUT2D eigenvalue weighted by atomic mass is 15.2. The topological polar surface area (TPSA) is 6.48 Å². The van der Waals surface area contributed by atoms with Crippen molar-refractivity contribution in [3.63, 3.8) is 0 Å². The van der Waals surface area contributed by atoms with E-state index in [2.05, 4.69) is 254 Å². The molecule has 320 valence electrons. The summed E-state index contributed by atoms with van der Waals surface area (Å²) in [6, 6.07) is 81.9. The number of benzene rings is 10. The van der Waals surface area contributed by atoms with Crippen LogP contribution < -0.4 is 9.80 Å². The number of fused-ring (bicyclic) bond motifs is 9. The van der Waals surface area contributed by atoms with Gasteiger partial charge in [-0.25, -0.2) is 0 Å². The van der Waals surface area contributed by atoms with E-state index in [1.807, 2.05) is 0 Å². The number of nitrogens with zero attached hydrogens (tertiary/aromatic N) is 2. The second-order valence-electron chi connectivity index (χ2n) is 19.2. The Morgan fingerprint density at radius 2 is 0.940 bits per heavy atom. The lowest BCUT2D eigenvalue weighted by Crippen LogP contribution is -2.30. The van der Waals surface area contributed by atoms with Gasteiger partial charge in [-0.05, 0) is 150 Å². The summed E-state index contributed by atoms with van der Waals surface area (Å²) in [5.74, 6) is 0. The molecule has 2 aliphatic heterocycles. The first-order chi connectivity index (χ1) is 33.0. The van der Waals surface area contributed by atoms with Crippen LogP contribution in [0.2, 0.25) is 0 Å². The average molecular weight is 859 g/mol. The number of hydrogen-bond donors (Lipinski definition) is 0. The zero-order chi connectivity index (χ0) is 44.7. The fraction of sp³-hybridized carbons (Fsp3) is 0.108. The van der Waals surface area contributed by atoms with Gasteiger partial charge in [0.05, 0.1) is 16.8 Å². The van der Waals surface area contributed by atoms with E-state index in [1.54, 1.807) is 0 Å². The molecule has 0 fully saturated rings. The predicted octanol–water partition coefficient (Wildman–Crippen LogP) is 16.7. The third-order valence-corrected chi connectivity index (χ3v) is 15.2. The number of anilines is 5. The average Bonchev–Trinajstić information content (AvgIpc) is 3.68. The molecule has 0 bridgehead atoms. The fourth-order valence-corrected chi connectivity index (χ4v) is 12.0. The van der Waals surface area contributed by atoms with Gasteiger partial charge in [0.1, 0.15) is 0 Å². The number of rotatable bonds is 6. The molecule has 2 heteroatoms. The first-order valence-electron chi connectivity index (χ1n) is 23.9. The summed E-state index contributed by atoms with van der Waals surface area (Å²) in [4.78, 5) is 4.98. The van der Waals surface area contributed by atoms with Gasteiger partial charge in [0.15, 0.2) is 0 Å². The van der Waals surface area contributed by atoms with Crippen LogP contribution in [0.3, 0.4) is 0 Å². The molecule has 10 aromatic carbocycles. The Morgan fingerprint density at radius 3 is 1.63 bits per heavy atom. The minimum Gasteiger partial charge on any atom is -0.341 e. The Bertz CT molecular complexity index is 3510. The largest absolute Gasteiger partial charge is 0.341 e. The van der Waals surface area contributed by atoms with Crippen LogP contribution in [0.15, 0.2) is 218 Å². The normalized spacial score (nSPS) is 15.3. The van der Waals surface area contributed by atoms with Crippen LogP contribution in [-0.4, -0.2) is 6.54 Å². The molecule has 0 N–H and O–H groups in total. The highest BCUT2D eigenvalue weighted by Crippen LogP contribution is 2.58. The zero-order valence-corrected chi connectivity index (χ0v) is 38.0. The molecule has 1 aliphatic carbocycles. The number of para-hydroxylation sites is 3. The molecule has 0 spiro atoms. The van der Waals surface area contributed by atoms with Crippen LogP contribution in [0.4, 0.5) is 28.4 Å². The minimum atomic E-state index is -0.496. The van der Waals surface area contributed by atoms with Crippen molar-refractivity contribution >= 4 is 62.1 Å². The van der Waals surface area contributed by atoms with E-state index in [4.69, 9.17) is 0 Å². The number of hydrogen-bond acceptors (Lipinski definition) is 2. The molecular formula is C65H50N2. The van der Waals surface area contributed by atoms with Crippen LogP contribution in [0.5, 0.6) is 0 Å². The Labute approximate surface area is 393 Å². The van der Waals surface area contributed by atoms with E-state index in [-0.39, 0.29) is 5.41 Å². The highest BCUT2D eigenvalue weighted by Gasteiger charge is 2.46. The van der Waals surface area contributed by atoms with Crippen molar-refractivity contribution in [1.82, 2.24) is 0 Å². The predicted molar refractivity (Wildman–Crippen MR) is 283 cm³/mol. The SMILES string of the molecule is CC1(C)c2ccccc2N(c2ccc3c(ccc4cc(/C=C/c5ccc6c(c5)C(c5ccccc5)(c5ccccc5)c5cc(N7CCCc8ccccc87)ccc5-6)ccc43)c2)c2ccccc21. The van der Waals surface area contributed by atoms with Crippen LogP contribution in [0.1, 0.15) is 70.3 Å². The Balaban J connectivity index is 0.876. The summed E-state index contributed by atoms with van der Waals surface area (Å²) in [5, 5.41) is 5.00. The van der Waals surface area contributed by atoms with E-state index >= 15 is 0 Å². The van der Waals surface area contributed by atoms with E-state index in [0.29, 0.717) is 0 Å². The van der Waals surface area contributed by atoms with Gasteiger partial charge in [-0.3, -0.25) is 0 Å². The second kappa shape index (κ2) is 15.3. The van der Waals surface area contributed by atoms with Crippen molar-refractivity contribution in [3.8, 4) is 11.1 Å². The molecule has 0 saturated carbocycles. The van der Waals surface area contributed by atoms with E-state index in [9.17, 15) is 0 Å². The maximum absolute atomic E-state index is 2.54. The van der Waals surface area contributed by atoms with E-state index in [1.165, 1.54) is 111 Å². The molecule has 0 unspecified atom stereocenters. The third-order valence-electron chi connectivity index (χ3n) is 15.2. The van der Waals surface area contributed by atoms with Gasteiger partial charge < -0.3 is 9.80 Å². The molecule has 2 nitrogen and oxygen atoms in total. The maximum Gasteiger partial charge on any atom is 0.0714 e. The number of aryl methyl sites for hydroxylation is 1. The summed E-state index contributed by atoms with van der Waals surface area (Å²) < 4.78 is 0. The fourth-order valence-electron chi connectivity index (χ4n) is 12.0. The Kier molecular flexibility index (Phi) is 9.02. The van der Waals surface area contributed by atoms with Crippen LogP contribution in [0, 0.1) is 0 Å². The summed E-state index contributed by atoms with van der Waals surface area (Å²) in [6.07, 6.45) is 6.84. The molecule has 3 aliphatic rings. The third kappa shape index (κ3) is 6.09. The Hall–Kier alpha value is -7.94. The van der Waals surface area contributed by atoms with Gasteiger partial charge in [-0.1, -0.05) is 190 Å². The van der Waals surface area contributed by atoms with Crippen molar-refractivity contribution in [2.75, 3.05) is 16.3 Å². The first-order valence-corrected chi connectivity index (χ1v) is 23.9. The molecule has 0 radical (unpaired) electrons. The monoisotopic (exact) mass is 858 g/mol. The molecule has 0 atom stereocenters. The molecule has 0 saturated heterocycles. The van der Waals surface area contributed by atoms with Crippen LogP contribution in [-0.2, 0) is 17.3 Å². The summed E-state index contributed by atoms with van der Waals surface area (Å²) >= 11 is 0. The zero-order valence-electron chi connectivity index (χ0n) is 38.0. The van der Waals surface area contributed by atoms with Gasteiger partial charge in [-0.15, -0.1) is 0 Å². The maximum atomic E-state index is 2.54. The summed E-state index contributed by atoms with van der Waals surface area (Å²) in [7, 11) is 0. The molecule has 10 aromatic rings. The Morgan fingerprint density at radius 1 is 0.418 bits per heavy atom. The van der Waals surface area contributed by atoms with Crippen molar-refractivity contribution in [2.45, 2.75) is 37.5 Å². The molecule has 2 heterocycles. The summed E-state index contributed by atoms with van der Waals surface area (Å²) in [6.45, 7) is 5.70. The van der Waals surface area contributed by atoms with Crippen molar-refractivity contribution < 1.29 is 0 Å². The van der Waals surface area contributed by atoms with Gasteiger partial charge in [-0.2, -0.15) is 0 Å². The molecule has 67 heavy (non-hydrogen) atoms. The first kappa shape index (κ1) is 39.4. The second-order valence-corrected chi connectivity index (χ2v) is 19.2. The standard InChI is InChI=1S/C65H50N2/c1-64(2)57-22-10-13-25-62(57)67(63-26-14-11-23-58(63)64)52-34-37-54-48(42-52)32-31-47-40-44(29-35-53(47)54)27-28-45-30-36-55-56-38-33-51(66-39-15-17-46-16-9-12-24-61(46)66)43-60(56)65(59(55)41-45,49-18-5-3-6-19-49)50-20-7-4-8-21-50/h3-14,16,18-38,40-43H,15,17,39H2,1-2H3/b28-27+. The quantitative estimate of drug-likeness (QED) is 0.121. The van der Waals surface area contributed by atoms with Crippen molar-refractivity contribution in [3.05, 3.63) is 268 Å². The highest BCUT2D eigenvalue weighted by molar-refractivity contribution is 6.09. The van der Waals surface area contributed by atoms with Crippen molar-refractivity contribution in [2.24, 2.45) is 0 Å². The van der Waals surface area contributed by atoms with Gasteiger partial charge >= 0.3 is 0 Å². The lowest BCUT2D eigenvalue weighted by Gasteiger charge is -2.42. The molecule has 13 rings (SSSR count). The van der Waals surface area contributed by atoms with Gasteiger partial charge in [0.25, 0.3) is 0 Å². The van der Waals surface area contributed by atoms with E-state index < -0.39 is 5.41 Å². The van der Waals surface area contributed by atoms with E-state index in [0.717, 1.165) is 19.4 Å². The smallest absolute Gasteiger partial charge is 0.0714 e. The minimum absolute atomic E-state index is 0.0876. The molecule has 0 aromatic heterocycles. The molecular weight excluding hydrogens is 809 g/mol. The van der Waals surface area contributed by atoms with Crippen LogP contribution in [0.25, 0.3) is 44.8 Å². The van der Waals surface area contributed by atoms with Gasteiger partial charge in [0, 0.05) is 29.0 Å². The lowest BCUT2D eigenvalue weighted by atomic mass is 9.67. The summed E-state index contributed by atoms with van der Waals surface area (Å²) in [5.41, 5.74) is 20.0. The van der Waals surface area contributed by atoms with Crippen LogP contribution >= 0.6 is 0 Å². The lowest BCUT2D eigenvalue weighted by molar-refractivity contribution is 0.632.